The number of rotatable bonds is 1. The van der Waals surface area contributed by atoms with Crippen molar-refractivity contribution in [2.75, 3.05) is 19.8 Å². The molecule has 0 spiro atoms. The van der Waals surface area contributed by atoms with Crippen LogP contribution in [0.1, 0.15) is 12.8 Å². The topological polar surface area (TPSA) is 43.4 Å². The third-order valence-corrected chi connectivity index (χ3v) is 1.73. The fourth-order valence-electron chi connectivity index (χ4n) is 1.05. The highest BCUT2D eigenvalue weighted by atomic mass is 16.3. The number of likely N-dealkylation sites (tertiary alicyclic amines) is 1. The SMILES string of the molecule is [O]C1CCN(CO)CC1. The van der Waals surface area contributed by atoms with Crippen molar-refractivity contribution >= 4 is 0 Å². The van der Waals surface area contributed by atoms with Gasteiger partial charge in [0, 0.05) is 13.1 Å². The van der Waals surface area contributed by atoms with Crippen LogP contribution in [0.25, 0.3) is 0 Å². The Morgan fingerprint density at radius 3 is 2.44 bits per heavy atom. The molecule has 1 rings (SSSR count). The maximum absolute atomic E-state index is 10.7. The van der Waals surface area contributed by atoms with Crippen molar-refractivity contribution in [3.05, 3.63) is 0 Å². The van der Waals surface area contributed by atoms with E-state index in [0.29, 0.717) is 12.8 Å². The van der Waals surface area contributed by atoms with Crippen molar-refractivity contribution in [2.45, 2.75) is 18.9 Å². The monoisotopic (exact) mass is 130 g/mol. The van der Waals surface area contributed by atoms with E-state index in [2.05, 4.69) is 0 Å². The molecular weight excluding hydrogens is 118 g/mol. The molecule has 0 aromatic heterocycles. The molecule has 1 saturated heterocycles. The van der Waals surface area contributed by atoms with Gasteiger partial charge in [-0.1, -0.05) is 0 Å². The largest absolute Gasteiger partial charge is 0.381 e. The fraction of sp³-hybridized carbons (Fsp3) is 1.00. The smallest absolute Gasteiger partial charge is 0.0956 e. The molecule has 0 aromatic carbocycles. The van der Waals surface area contributed by atoms with Gasteiger partial charge >= 0.3 is 0 Å². The quantitative estimate of drug-likeness (QED) is 0.535. The van der Waals surface area contributed by atoms with Crippen molar-refractivity contribution < 1.29 is 10.2 Å². The molecule has 0 unspecified atom stereocenters. The summed E-state index contributed by atoms with van der Waals surface area (Å²) in [5.74, 6) is 0. The van der Waals surface area contributed by atoms with E-state index in [1.807, 2.05) is 4.90 Å². The van der Waals surface area contributed by atoms with Crippen LogP contribution in [-0.4, -0.2) is 35.9 Å². The minimum atomic E-state index is -0.382. The molecule has 0 aromatic rings. The Hall–Kier alpha value is -0.120. The van der Waals surface area contributed by atoms with Gasteiger partial charge in [0.2, 0.25) is 0 Å². The lowest BCUT2D eigenvalue weighted by molar-refractivity contribution is 0.00118. The first kappa shape index (κ1) is 6.99. The van der Waals surface area contributed by atoms with Crippen molar-refractivity contribution in [3.8, 4) is 0 Å². The molecule has 0 aliphatic carbocycles. The van der Waals surface area contributed by atoms with Crippen molar-refractivity contribution in [3.63, 3.8) is 0 Å². The molecule has 1 aliphatic heterocycles. The maximum Gasteiger partial charge on any atom is 0.0956 e. The Morgan fingerprint density at radius 1 is 1.44 bits per heavy atom. The van der Waals surface area contributed by atoms with Crippen LogP contribution in [0.5, 0.6) is 0 Å². The maximum atomic E-state index is 10.7. The zero-order valence-electron chi connectivity index (χ0n) is 5.42. The first-order chi connectivity index (χ1) is 4.33. The van der Waals surface area contributed by atoms with E-state index in [0.717, 1.165) is 13.1 Å². The second-order valence-corrected chi connectivity index (χ2v) is 2.46. The number of aliphatic hydroxyl groups excluding tert-OH is 1. The number of nitrogens with zero attached hydrogens (tertiary/aromatic N) is 1. The third kappa shape index (κ3) is 1.93. The molecule has 1 fully saturated rings. The van der Waals surface area contributed by atoms with E-state index in [9.17, 15) is 5.11 Å². The first-order valence-corrected chi connectivity index (χ1v) is 3.32. The molecule has 53 valence electrons. The summed E-state index contributed by atoms with van der Waals surface area (Å²) < 4.78 is 0. The van der Waals surface area contributed by atoms with Crippen LogP contribution in [0.4, 0.5) is 0 Å². The summed E-state index contributed by atoms with van der Waals surface area (Å²) in [4.78, 5) is 1.88. The van der Waals surface area contributed by atoms with Crippen molar-refractivity contribution in [1.29, 1.82) is 0 Å². The van der Waals surface area contributed by atoms with Crippen LogP contribution in [0.2, 0.25) is 0 Å². The minimum absolute atomic E-state index is 0.104. The van der Waals surface area contributed by atoms with Gasteiger partial charge in [0.1, 0.15) is 0 Å². The summed E-state index contributed by atoms with van der Waals surface area (Å²) in [5.41, 5.74) is 0. The van der Waals surface area contributed by atoms with Crippen LogP contribution in [-0.2, 0) is 5.11 Å². The average Bonchev–Trinajstić information content (AvgIpc) is 1.90. The van der Waals surface area contributed by atoms with Gasteiger partial charge in [-0.15, -0.1) is 0 Å². The van der Waals surface area contributed by atoms with E-state index in [4.69, 9.17) is 5.11 Å². The number of piperidine rings is 1. The first-order valence-electron chi connectivity index (χ1n) is 3.32. The van der Waals surface area contributed by atoms with Crippen LogP contribution >= 0.6 is 0 Å². The third-order valence-electron chi connectivity index (χ3n) is 1.73. The average molecular weight is 130 g/mol. The molecule has 0 amide bonds. The molecule has 0 bridgehead atoms. The van der Waals surface area contributed by atoms with E-state index in [-0.39, 0.29) is 12.8 Å². The van der Waals surface area contributed by atoms with Crippen LogP contribution in [0.15, 0.2) is 0 Å². The lowest BCUT2D eigenvalue weighted by Crippen LogP contribution is -2.35. The van der Waals surface area contributed by atoms with Crippen molar-refractivity contribution in [1.82, 2.24) is 4.90 Å². The van der Waals surface area contributed by atoms with Gasteiger partial charge in [0.15, 0.2) is 0 Å². The van der Waals surface area contributed by atoms with Gasteiger partial charge in [0.05, 0.1) is 12.8 Å². The highest BCUT2D eigenvalue weighted by Gasteiger charge is 2.16. The normalized spacial score (nSPS) is 24.7. The zero-order valence-corrected chi connectivity index (χ0v) is 5.42. The lowest BCUT2D eigenvalue weighted by Gasteiger charge is -2.25. The van der Waals surface area contributed by atoms with Crippen LogP contribution in [0.3, 0.4) is 0 Å². The molecule has 1 aliphatic rings. The Morgan fingerprint density at radius 2 is 2.00 bits per heavy atom. The summed E-state index contributed by atoms with van der Waals surface area (Å²) in [5, 5.41) is 19.3. The highest BCUT2D eigenvalue weighted by molar-refractivity contribution is 4.67. The second-order valence-electron chi connectivity index (χ2n) is 2.46. The molecule has 0 saturated carbocycles. The summed E-state index contributed by atoms with van der Waals surface area (Å²) in [7, 11) is 0. The highest BCUT2D eigenvalue weighted by Crippen LogP contribution is 2.08. The number of hydrogen-bond donors (Lipinski definition) is 1. The van der Waals surface area contributed by atoms with Gasteiger partial charge in [-0.3, -0.25) is 4.90 Å². The molecule has 1 radical (unpaired) electrons. The second kappa shape index (κ2) is 3.15. The van der Waals surface area contributed by atoms with Gasteiger partial charge < -0.3 is 5.11 Å². The van der Waals surface area contributed by atoms with Gasteiger partial charge in [0.25, 0.3) is 0 Å². The predicted octanol–water partition coefficient (Wildman–Crippen LogP) is -0.169. The summed E-state index contributed by atoms with van der Waals surface area (Å²) in [6.07, 6.45) is 1.01. The molecule has 1 heterocycles. The Labute approximate surface area is 54.9 Å². The summed E-state index contributed by atoms with van der Waals surface area (Å²) in [6.45, 7) is 1.64. The Balaban J connectivity index is 2.18. The van der Waals surface area contributed by atoms with Crippen LogP contribution in [0, 0.1) is 0 Å². The molecule has 3 heteroatoms. The Kier molecular flexibility index (Phi) is 2.45. The predicted molar refractivity (Wildman–Crippen MR) is 32.4 cm³/mol. The molecule has 0 atom stereocenters. The van der Waals surface area contributed by atoms with E-state index in [1.54, 1.807) is 0 Å². The standard InChI is InChI=1S/C6H12NO2/c8-5-7-3-1-6(9)2-4-7/h6,8H,1-5H2. The molecule has 3 nitrogen and oxygen atoms in total. The van der Waals surface area contributed by atoms with Gasteiger partial charge in [-0.05, 0) is 12.8 Å². The minimum Gasteiger partial charge on any atom is -0.381 e. The molecule has 1 N–H and O–H groups in total. The number of aliphatic hydroxyl groups is 1. The van der Waals surface area contributed by atoms with Crippen molar-refractivity contribution in [2.24, 2.45) is 0 Å². The lowest BCUT2D eigenvalue weighted by atomic mass is 10.1. The molecular formula is C6H12NO2. The Bertz CT molecular complexity index is 79.1. The number of hydrogen-bond acceptors (Lipinski definition) is 2. The zero-order chi connectivity index (χ0) is 6.69. The van der Waals surface area contributed by atoms with Crippen LogP contribution < -0.4 is 0 Å². The molecule has 9 heavy (non-hydrogen) atoms. The van der Waals surface area contributed by atoms with E-state index >= 15 is 0 Å². The fourth-order valence-corrected chi connectivity index (χ4v) is 1.05. The van der Waals surface area contributed by atoms with E-state index in [1.165, 1.54) is 0 Å². The van der Waals surface area contributed by atoms with Gasteiger partial charge in [-0.25, -0.2) is 5.11 Å². The van der Waals surface area contributed by atoms with E-state index < -0.39 is 0 Å². The van der Waals surface area contributed by atoms with Gasteiger partial charge in [-0.2, -0.15) is 0 Å². The summed E-state index contributed by atoms with van der Waals surface area (Å²) in [6, 6.07) is 0. The summed E-state index contributed by atoms with van der Waals surface area (Å²) >= 11 is 0.